The SMILES string of the molecule is CC1(C)C(C(=O)N(Cc2ccccc2Cl)C2CC(=O)N(c3ccc(F)cc3)C2=O)C1(C)C. The summed E-state index contributed by atoms with van der Waals surface area (Å²) >= 11 is 6.36. The average Bonchev–Trinajstić information content (AvgIpc) is 2.96. The van der Waals surface area contributed by atoms with Crippen LogP contribution >= 0.6 is 11.6 Å². The maximum Gasteiger partial charge on any atom is 0.257 e. The van der Waals surface area contributed by atoms with Gasteiger partial charge in [-0.3, -0.25) is 14.4 Å². The average molecular weight is 457 g/mol. The molecule has 0 radical (unpaired) electrons. The molecule has 2 aromatic carbocycles. The molecule has 4 rings (SSSR count). The highest BCUT2D eigenvalue weighted by Gasteiger charge is 2.69. The van der Waals surface area contributed by atoms with Crippen LogP contribution in [0.4, 0.5) is 10.1 Å². The number of rotatable bonds is 5. The normalized spacial score (nSPS) is 21.7. The first-order chi connectivity index (χ1) is 15.0. The van der Waals surface area contributed by atoms with Crippen molar-refractivity contribution in [2.45, 2.75) is 46.7 Å². The van der Waals surface area contributed by atoms with Crippen molar-refractivity contribution in [1.29, 1.82) is 0 Å². The standard InChI is InChI=1S/C25H26ClFN2O3/c1-24(2)21(25(24,3)4)23(32)28(14-15-7-5-6-8-18(15)26)19-13-20(30)29(22(19)31)17-11-9-16(27)10-12-17/h5-12,19,21H,13-14H2,1-4H3. The largest absolute Gasteiger partial charge is 0.325 e. The maximum atomic E-state index is 13.7. The van der Waals surface area contributed by atoms with E-state index in [1.807, 2.05) is 39.8 Å². The molecule has 1 atom stereocenters. The molecule has 1 saturated heterocycles. The fourth-order valence-electron chi connectivity index (χ4n) is 4.85. The third-order valence-electron chi connectivity index (χ3n) is 7.43. The number of benzene rings is 2. The van der Waals surface area contributed by atoms with Crippen LogP contribution in [0.2, 0.25) is 5.02 Å². The van der Waals surface area contributed by atoms with Gasteiger partial charge in [0.25, 0.3) is 5.91 Å². The highest BCUT2D eigenvalue weighted by molar-refractivity contribution is 6.31. The summed E-state index contributed by atoms with van der Waals surface area (Å²) in [5.74, 6) is -1.80. The molecule has 2 aromatic rings. The molecule has 3 amide bonds. The third-order valence-corrected chi connectivity index (χ3v) is 7.80. The molecule has 2 fully saturated rings. The van der Waals surface area contributed by atoms with Gasteiger partial charge >= 0.3 is 0 Å². The predicted octanol–water partition coefficient (Wildman–Crippen LogP) is 4.82. The lowest BCUT2D eigenvalue weighted by atomic mass is 10.0. The van der Waals surface area contributed by atoms with Crippen molar-refractivity contribution in [3.63, 3.8) is 0 Å². The second-order valence-corrected chi connectivity index (χ2v) is 10.1. The second-order valence-electron chi connectivity index (χ2n) is 9.70. The summed E-state index contributed by atoms with van der Waals surface area (Å²) in [6, 6.07) is 11.4. The van der Waals surface area contributed by atoms with E-state index in [2.05, 4.69) is 0 Å². The number of halogens is 2. The van der Waals surface area contributed by atoms with Gasteiger partial charge in [-0.25, -0.2) is 9.29 Å². The predicted molar refractivity (Wildman–Crippen MR) is 120 cm³/mol. The van der Waals surface area contributed by atoms with E-state index < -0.39 is 23.7 Å². The minimum atomic E-state index is -0.941. The lowest BCUT2D eigenvalue weighted by molar-refractivity contribution is -0.141. The van der Waals surface area contributed by atoms with E-state index in [9.17, 15) is 18.8 Å². The van der Waals surface area contributed by atoms with Crippen LogP contribution in [-0.2, 0) is 20.9 Å². The molecule has 1 aliphatic heterocycles. The van der Waals surface area contributed by atoms with E-state index in [1.54, 1.807) is 12.1 Å². The molecule has 168 valence electrons. The number of imide groups is 1. The lowest BCUT2D eigenvalue weighted by Crippen LogP contribution is -2.46. The Labute approximate surface area is 192 Å². The van der Waals surface area contributed by atoms with Crippen LogP contribution in [0.5, 0.6) is 0 Å². The molecule has 0 spiro atoms. The number of anilines is 1. The number of hydrogen-bond acceptors (Lipinski definition) is 3. The van der Waals surface area contributed by atoms with Gasteiger partial charge in [0.05, 0.1) is 12.1 Å². The number of carbonyl (C=O) groups excluding carboxylic acids is 3. The fraction of sp³-hybridized carbons (Fsp3) is 0.400. The van der Waals surface area contributed by atoms with Gasteiger partial charge in [0, 0.05) is 17.5 Å². The fourth-order valence-corrected chi connectivity index (χ4v) is 5.05. The van der Waals surface area contributed by atoms with Crippen molar-refractivity contribution in [2.24, 2.45) is 16.7 Å². The van der Waals surface area contributed by atoms with Gasteiger partial charge < -0.3 is 4.90 Å². The van der Waals surface area contributed by atoms with Crippen molar-refractivity contribution >= 4 is 35.0 Å². The first-order valence-electron chi connectivity index (χ1n) is 10.6. The van der Waals surface area contributed by atoms with Crippen LogP contribution in [0.15, 0.2) is 48.5 Å². The molecule has 1 aliphatic carbocycles. The third kappa shape index (κ3) is 3.51. The zero-order valence-corrected chi connectivity index (χ0v) is 19.3. The van der Waals surface area contributed by atoms with E-state index in [0.717, 1.165) is 4.90 Å². The zero-order valence-electron chi connectivity index (χ0n) is 18.6. The zero-order chi connectivity index (χ0) is 23.4. The van der Waals surface area contributed by atoms with Crippen LogP contribution in [0.3, 0.4) is 0 Å². The topological polar surface area (TPSA) is 57.7 Å². The molecular formula is C25H26ClFN2O3. The second kappa shape index (κ2) is 7.69. The summed E-state index contributed by atoms with van der Waals surface area (Å²) in [4.78, 5) is 42.5. The molecule has 1 heterocycles. The summed E-state index contributed by atoms with van der Waals surface area (Å²) in [6.07, 6.45) is -0.125. The number of amides is 3. The quantitative estimate of drug-likeness (QED) is 0.606. The van der Waals surface area contributed by atoms with E-state index >= 15 is 0 Å². The van der Waals surface area contributed by atoms with E-state index in [1.165, 1.54) is 29.2 Å². The molecule has 0 N–H and O–H groups in total. The molecule has 1 unspecified atom stereocenters. The van der Waals surface area contributed by atoms with Gasteiger partial charge in [-0.1, -0.05) is 57.5 Å². The summed E-state index contributed by atoms with van der Waals surface area (Å²) in [5.41, 5.74) is 0.538. The summed E-state index contributed by atoms with van der Waals surface area (Å²) in [7, 11) is 0. The lowest BCUT2D eigenvalue weighted by Gasteiger charge is -2.29. The summed E-state index contributed by atoms with van der Waals surface area (Å²) in [6.45, 7) is 8.28. The summed E-state index contributed by atoms with van der Waals surface area (Å²) in [5, 5.41) is 0.492. The smallest absolute Gasteiger partial charge is 0.257 e. The molecule has 32 heavy (non-hydrogen) atoms. The first kappa shape index (κ1) is 22.5. The Morgan fingerprint density at radius 2 is 1.66 bits per heavy atom. The van der Waals surface area contributed by atoms with Crippen LogP contribution in [0, 0.1) is 22.6 Å². The van der Waals surface area contributed by atoms with Gasteiger partial charge in [-0.15, -0.1) is 0 Å². The van der Waals surface area contributed by atoms with Crippen LogP contribution < -0.4 is 4.90 Å². The van der Waals surface area contributed by atoms with E-state index in [-0.39, 0.29) is 35.6 Å². The monoisotopic (exact) mass is 456 g/mol. The molecule has 7 heteroatoms. The molecule has 1 saturated carbocycles. The number of nitrogens with zero attached hydrogens (tertiary/aromatic N) is 2. The summed E-state index contributed by atoms with van der Waals surface area (Å²) < 4.78 is 13.3. The van der Waals surface area contributed by atoms with E-state index in [4.69, 9.17) is 11.6 Å². The Hall–Kier alpha value is -2.73. The van der Waals surface area contributed by atoms with Gasteiger partial charge in [-0.05, 0) is 46.7 Å². The van der Waals surface area contributed by atoms with Crippen molar-refractivity contribution in [3.05, 3.63) is 64.9 Å². The van der Waals surface area contributed by atoms with Gasteiger partial charge in [-0.2, -0.15) is 0 Å². The highest BCUT2D eigenvalue weighted by Crippen LogP contribution is 2.69. The van der Waals surface area contributed by atoms with Gasteiger partial charge in [0.15, 0.2) is 0 Å². The Morgan fingerprint density at radius 1 is 1.06 bits per heavy atom. The Kier molecular flexibility index (Phi) is 5.40. The highest BCUT2D eigenvalue weighted by atomic mass is 35.5. The molecule has 0 bridgehead atoms. The van der Waals surface area contributed by atoms with Crippen LogP contribution in [0.1, 0.15) is 39.7 Å². The van der Waals surface area contributed by atoms with Crippen molar-refractivity contribution in [3.8, 4) is 0 Å². The van der Waals surface area contributed by atoms with Crippen molar-refractivity contribution in [1.82, 2.24) is 4.90 Å². The number of hydrogen-bond donors (Lipinski definition) is 0. The molecule has 5 nitrogen and oxygen atoms in total. The first-order valence-corrected chi connectivity index (χ1v) is 11.0. The van der Waals surface area contributed by atoms with Crippen LogP contribution in [0.25, 0.3) is 0 Å². The van der Waals surface area contributed by atoms with Crippen LogP contribution in [-0.4, -0.2) is 28.7 Å². The Balaban J connectivity index is 1.69. The molecule has 0 aromatic heterocycles. The minimum Gasteiger partial charge on any atom is -0.325 e. The van der Waals surface area contributed by atoms with Crippen molar-refractivity contribution in [2.75, 3.05) is 4.90 Å². The van der Waals surface area contributed by atoms with Gasteiger partial charge in [0.2, 0.25) is 11.8 Å². The van der Waals surface area contributed by atoms with Gasteiger partial charge in [0.1, 0.15) is 11.9 Å². The Morgan fingerprint density at radius 3 is 2.22 bits per heavy atom. The molecule has 2 aliphatic rings. The minimum absolute atomic E-state index is 0.125. The number of carbonyl (C=O) groups is 3. The molecular weight excluding hydrogens is 431 g/mol. The van der Waals surface area contributed by atoms with E-state index in [0.29, 0.717) is 16.3 Å². The van der Waals surface area contributed by atoms with Crippen molar-refractivity contribution < 1.29 is 18.8 Å². The maximum absolute atomic E-state index is 13.7. The Bertz CT molecular complexity index is 1080.